The van der Waals surface area contributed by atoms with Gasteiger partial charge in [0.1, 0.15) is 0 Å². The number of methoxy groups -OCH3 is 1. The maximum absolute atomic E-state index is 12.3. The van der Waals surface area contributed by atoms with E-state index in [1.807, 2.05) is 13.8 Å². The van der Waals surface area contributed by atoms with Gasteiger partial charge >= 0.3 is 12.1 Å². The number of amides is 1. The Morgan fingerprint density at radius 1 is 1.24 bits per heavy atom. The van der Waals surface area contributed by atoms with Crippen LogP contribution in [0.4, 0.5) is 18.9 Å². The Bertz CT molecular complexity index is 505. The minimum Gasteiger partial charge on any atom is -0.374 e. The Balaban J connectivity index is 3.19. The van der Waals surface area contributed by atoms with Gasteiger partial charge in [0, 0.05) is 17.8 Å². The molecule has 1 N–H and O–H groups in total. The topological polar surface area (TPSA) is 38.3 Å². The second-order valence-corrected chi connectivity index (χ2v) is 5.02. The van der Waals surface area contributed by atoms with Crippen LogP contribution >= 0.6 is 11.6 Å². The molecular formula is C14H17ClF3NO2. The molecule has 1 amide bonds. The summed E-state index contributed by atoms with van der Waals surface area (Å²) in [5, 5.41) is 2.03. The second-order valence-electron chi connectivity index (χ2n) is 4.59. The fourth-order valence-electron chi connectivity index (χ4n) is 2.19. The summed E-state index contributed by atoms with van der Waals surface area (Å²) in [5.74, 6) is -2.04. The molecule has 0 aliphatic rings. The first-order chi connectivity index (χ1) is 9.68. The van der Waals surface area contributed by atoms with Crippen molar-refractivity contribution in [3.63, 3.8) is 0 Å². The van der Waals surface area contributed by atoms with E-state index in [9.17, 15) is 18.0 Å². The number of nitrogens with one attached hydrogen (secondary N) is 1. The van der Waals surface area contributed by atoms with E-state index in [0.717, 1.165) is 0 Å². The molecule has 0 aliphatic carbocycles. The Labute approximate surface area is 126 Å². The van der Waals surface area contributed by atoms with E-state index < -0.39 is 17.7 Å². The standard InChI is InChI=1S/C14H17ClF3NO2/c1-4-13(5-2,21-3)9-6-10(15)8-11(7-9)19-12(20)14(16,17)18/h6-8H,4-5H2,1-3H3,(H,19,20). The van der Waals surface area contributed by atoms with Crippen molar-refractivity contribution in [2.75, 3.05) is 12.4 Å². The largest absolute Gasteiger partial charge is 0.471 e. The summed E-state index contributed by atoms with van der Waals surface area (Å²) >= 11 is 5.94. The molecule has 0 aliphatic heterocycles. The molecule has 21 heavy (non-hydrogen) atoms. The van der Waals surface area contributed by atoms with Gasteiger partial charge in [-0.3, -0.25) is 4.79 Å². The number of anilines is 1. The minimum absolute atomic E-state index is 0.0110. The van der Waals surface area contributed by atoms with Crippen LogP contribution in [0.3, 0.4) is 0 Å². The van der Waals surface area contributed by atoms with Gasteiger partial charge in [-0.25, -0.2) is 0 Å². The highest BCUT2D eigenvalue weighted by molar-refractivity contribution is 6.31. The SMILES string of the molecule is CCC(CC)(OC)c1cc(Cl)cc(NC(=O)C(F)(F)F)c1. The first kappa shape index (κ1) is 17.8. The van der Waals surface area contributed by atoms with Crippen molar-refractivity contribution in [3.8, 4) is 0 Å². The number of hydrogen-bond donors (Lipinski definition) is 1. The summed E-state index contributed by atoms with van der Waals surface area (Å²) < 4.78 is 42.4. The number of ether oxygens (including phenoxy) is 1. The number of hydrogen-bond acceptors (Lipinski definition) is 2. The number of alkyl halides is 3. The molecule has 0 radical (unpaired) electrons. The predicted octanol–water partition coefficient (Wildman–Crippen LogP) is 4.50. The van der Waals surface area contributed by atoms with Crippen molar-refractivity contribution in [2.45, 2.75) is 38.5 Å². The fourth-order valence-corrected chi connectivity index (χ4v) is 2.43. The van der Waals surface area contributed by atoms with Gasteiger partial charge in [0.15, 0.2) is 0 Å². The zero-order chi connectivity index (χ0) is 16.3. The maximum atomic E-state index is 12.3. The van der Waals surface area contributed by atoms with E-state index >= 15 is 0 Å². The first-order valence-electron chi connectivity index (χ1n) is 6.43. The molecule has 1 rings (SSSR count). The third kappa shape index (κ3) is 4.11. The Kier molecular flexibility index (Phi) is 5.64. The molecule has 0 unspecified atom stereocenters. The van der Waals surface area contributed by atoms with Crippen LogP contribution in [0.15, 0.2) is 18.2 Å². The van der Waals surface area contributed by atoms with Crippen molar-refractivity contribution in [1.82, 2.24) is 0 Å². The molecular weight excluding hydrogens is 307 g/mol. The van der Waals surface area contributed by atoms with Crippen LogP contribution < -0.4 is 5.32 Å². The quantitative estimate of drug-likeness (QED) is 0.866. The van der Waals surface area contributed by atoms with Crippen LogP contribution in [0.25, 0.3) is 0 Å². The molecule has 0 spiro atoms. The van der Waals surface area contributed by atoms with Crippen LogP contribution in [-0.4, -0.2) is 19.2 Å². The molecule has 0 fully saturated rings. The van der Waals surface area contributed by atoms with Crippen LogP contribution in [-0.2, 0) is 15.1 Å². The van der Waals surface area contributed by atoms with Crippen molar-refractivity contribution < 1.29 is 22.7 Å². The third-order valence-corrected chi connectivity index (χ3v) is 3.69. The summed E-state index contributed by atoms with van der Waals surface area (Å²) in [6.07, 6.45) is -3.71. The highest BCUT2D eigenvalue weighted by atomic mass is 35.5. The average Bonchev–Trinajstić information content (AvgIpc) is 2.39. The van der Waals surface area contributed by atoms with E-state index in [1.165, 1.54) is 19.2 Å². The van der Waals surface area contributed by atoms with Crippen LogP contribution in [0.5, 0.6) is 0 Å². The Hall–Kier alpha value is -1.27. The fraction of sp³-hybridized carbons (Fsp3) is 0.500. The van der Waals surface area contributed by atoms with Crippen LogP contribution in [0, 0.1) is 0 Å². The lowest BCUT2D eigenvalue weighted by Gasteiger charge is -2.31. The molecule has 7 heteroatoms. The molecule has 0 heterocycles. The number of halogens is 4. The van der Waals surface area contributed by atoms with Crippen molar-refractivity contribution in [1.29, 1.82) is 0 Å². The third-order valence-electron chi connectivity index (χ3n) is 3.47. The normalized spacial score (nSPS) is 12.3. The zero-order valence-electron chi connectivity index (χ0n) is 12.0. The van der Waals surface area contributed by atoms with E-state index in [2.05, 4.69) is 0 Å². The lowest BCUT2D eigenvalue weighted by Crippen LogP contribution is -2.30. The summed E-state index contributed by atoms with van der Waals surface area (Å²) in [6.45, 7) is 3.81. The summed E-state index contributed by atoms with van der Waals surface area (Å²) in [6, 6.07) is 4.34. The van der Waals surface area contributed by atoms with Gasteiger partial charge in [-0.1, -0.05) is 25.4 Å². The van der Waals surface area contributed by atoms with Crippen molar-refractivity contribution in [2.24, 2.45) is 0 Å². The molecule has 3 nitrogen and oxygen atoms in total. The van der Waals surface area contributed by atoms with Crippen molar-refractivity contribution >= 4 is 23.2 Å². The monoisotopic (exact) mass is 323 g/mol. The van der Waals surface area contributed by atoms with Gasteiger partial charge in [-0.15, -0.1) is 0 Å². The molecule has 0 aromatic heterocycles. The Morgan fingerprint density at radius 3 is 2.24 bits per heavy atom. The van der Waals surface area contributed by atoms with Gasteiger partial charge in [-0.2, -0.15) is 13.2 Å². The highest BCUT2D eigenvalue weighted by Gasteiger charge is 2.39. The second kappa shape index (κ2) is 6.66. The van der Waals surface area contributed by atoms with Gasteiger partial charge < -0.3 is 10.1 Å². The summed E-state index contributed by atoms with van der Waals surface area (Å²) in [4.78, 5) is 11.0. The van der Waals surface area contributed by atoms with Gasteiger partial charge in [0.25, 0.3) is 0 Å². The van der Waals surface area contributed by atoms with E-state index in [1.54, 1.807) is 11.4 Å². The Morgan fingerprint density at radius 2 is 1.81 bits per heavy atom. The van der Waals surface area contributed by atoms with E-state index in [-0.39, 0.29) is 10.7 Å². The molecule has 0 saturated carbocycles. The molecule has 0 bridgehead atoms. The number of carbonyl (C=O) groups excluding carboxylic acids is 1. The average molecular weight is 324 g/mol. The first-order valence-corrected chi connectivity index (χ1v) is 6.80. The highest BCUT2D eigenvalue weighted by Crippen LogP contribution is 2.35. The lowest BCUT2D eigenvalue weighted by atomic mass is 9.88. The minimum atomic E-state index is -4.95. The number of carbonyl (C=O) groups is 1. The molecule has 1 aromatic carbocycles. The van der Waals surface area contributed by atoms with E-state index in [0.29, 0.717) is 18.4 Å². The van der Waals surface area contributed by atoms with Gasteiger partial charge in [0.2, 0.25) is 0 Å². The predicted molar refractivity (Wildman–Crippen MR) is 75.4 cm³/mol. The van der Waals surface area contributed by atoms with Gasteiger partial charge in [0.05, 0.1) is 5.60 Å². The van der Waals surface area contributed by atoms with Crippen molar-refractivity contribution in [3.05, 3.63) is 28.8 Å². The van der Waals surface area contributed by atoms with Crippen LogP contribution in [0.1, 0.15) is 32.3 Å². The molecule has 0 saturated heterocycles. The summed E-state index contributed by atoms with van der Waals surface area (Å²) in [7, 11) is 1.53. The molecule has 0 atom stereocenters. The van der Waals surface area contributed by atoms with E-state index in [4.69, 9.17) is 16.3 Å². The number of rotatable bonds is 5. The smallest absolute Gasteiger partial charge is 0.374 e. The summed E-state index contributed by atoms with van der Waals surface area (Å²) in [5.41, 5.74) is -0.0362. The molecule has 1 aromatic rings. The van der Waals surface area contributed by atoms with Crippen LogP contribution in [0.2, 0.25) is 5.02 Å². The maximum Gasteiger partial charge on any atom is 0.471 e. The number of benzene rings is 1. The lowest BCUT2D eigenvalue weighted by molar-refractivity contribution is -0.167. The van der Waals surface area contributed by atoms with Gasteiger partial charge in [-0.05, 0) is 36.6 Å². The zero-order valence-corrected chi connectivity index (χ0v) is 12.7. The molecule has 118 valence electrons.